The Bertz CT molecular complexity index is 714. The van der Waals surface area contributed by atoms with E-state index in [4.69, 9.17) is 0 Å². The maximum atomic E-state index is 12.3. The lowest BCUT2D eigenvalue weighted by molar-refractivity contribution is -0.146. The molecule has 0 saturated carbocycles. The smallest absolute Gasteiger partial charge is 0.331 e. The summed E-state index contributed by atoms with van der Waals surface area (Å²) < 4.78 is 2.90. The van der Waals surface area contributed by atoms with Gasteiger partial charge in [-0.15, -0.1) is 0 Å². The van der Waals surface area contributed by atoms with E-state index < -0.39 is 11.5 Å². The molecule has 8 nitrogen and oxygen atoms in total. The minimum absolute atomic E-state index is 0.292. The fourth-order valence-corrected chi connectivity index (χ4v) is 1.95. The quantitative estimate of drug-likeness (QED) is 0.871. The summed E-state index contributed by atoms with van der Waals surface area (Å²) in [5.41, 5.74) is 0.00156. The topological polar surface area (TPSA) is 102 Å². The molecule has 22 heavy (non-hydrogen) atoms. The van der Waals surface area contributed by atoms with Crippen LogP contribution in [0.1, 0.15) is 37.0 Å². The third kappa shape index (κ3) is 2.85. The molecule has 0 aliphatic heterocycles. The van der Waals surface area contributed by atoms with Gasteiger partial charge in [0, 0.05) is 18.8 Å². The van der Waals surface area contributed by atoms with Crippen LogP contribution in [0.4, 0.5) is 5.82 Å². The van der Waals surface area contributed by atoms with E-state index in [-0.39, 0.29) is 5.91 Å². The van der Waals surface area contributed by atoms with Crippen molar-refractivity contribution in [2.24, 2.45) is 0 Å². The van der Waals surface area contributed by atoms with E-state index in [9.17, 15) is 14.7 Å². The molecule has 0 aliphatic carbocycles. The molecule has 1 amide bonds. The lowest BCUT2D eigenvalue weighted by Crippen LogP contribution is -2.36. The highest BCUT2D eigenvalue weighted by Crippen LogP contribution is 2.17. The summed E-state index contributed by atoms with van der Waals surface area (Å²) in [7, 11) is 0. The number of hydrogen-bond acceptors (Lipinski definition) is 4. The largest absolute Gasteiger partial charge is 0.479 e. The number of aryl methyl sites for hydroxylation is 2. The van der Waals surface area contributed by atoms with Crippen LogP contribution >= 0.6 is 0 Å². The number of aromatic nitrogens is 4. The second-order valence-corrected chi connectivity index (χ2v) is 5.45. The highest BCUT2D eigenvalue weighted by atomic mass is 16.4. The van der Waals surface area contributed by atoms with Crippen molar-refractivity contribution in [3.8, 4) is 0 Å². The molecule has 118 valence electrons. The number of amides is 1. The lowest BCUT2D eigenvalue weighted by atomic mass is 10.1. The van der Waals surface area contributed by atoms with Crippen molar-refractivity contribution in [2.45, 2.75) is 39.8 Å². The monoisotopic (exact) mass is 305 g/mol. The van der Waals surface area contributed by atoms with Crippen molar-refractivity contribution in [3.05, 3.63) is 29.7 Å². The predicted molar refractivity (Wildman–Crippen MR) is 79.8 cm³/mol. The Morgan fingerprint density at radius 2 is 2.05 bits per heavy atom. The van der Waals surface area contributed by atoms with Gasteiger partial charge in [0.25, 0.3) is 5.91 Å². The van der Waals surface area contributed by atoms with Crippen LogP contribution in [0.15, 0.2) is 18.3 Å². The van der Waals surface area contributed by atoms with Crippen LogP contribution in [0.2, 0.25) is 0 Å². The van der Waals surface area contributed by atoms with Crippen molar-refractivity contribution in [3.63, 3.8) is 0 Å². The predicted octanol–water partition coefficient (Wildman–Crippen LogP) is 1.48. The molecule has 2 rings (SSSR count). The molecule has 0 atom stereocenters. The van der Waals surface area contributed by atoms with Gasteiger partial charge in [0.15, 0.2) is 11.4 Å². The summed E-state index contributed by atoms with van der Waals surface area (Å²) in [6.07, 6.45) is 1.52. The molecule has 0 fully saturated rings. The van der Waals surface area contributed by atoms with Gasteiger partial charge in [-0.3, -0.25) is 14.2 Å². The number of nitrogens with one attached hydrogen (secondary N) is 1. The normalized spacial score (nSPS) is 11.5. The SMILES string of the molecule is CCn1nc(C)cc1C(=O)Nc1ccn(C(C)(C)C(=O)O)n1. The Labute approximate surface area is 127 Å². The number of carbonyl (C=O) groups excluding carboxylic acids is 1. The zero-order valence-corrected chi connectivity index (χ0v) is 13.0. The van der Waals surface area contributed by atoms with E-state index >= 15 is 0 Å². The number of nitrogens with zero attached hydrogens (tertiary/aromatic N) is 4. The Hall–Kier alpha value is -2.64. The molecular formula is C14H19N5O3. The highest BCUT2D eigenvalue weighted by Gasteiger charge is 2.30. The van der Waals surface area contributed by atoms with Gasteiger partial charge < -0.3 is 10.4 Å². The molecule has 0 spiro atoms. The van der Waals surface area contributed by atoms with Gasteiger partial charge in [-0.1, -0.05) is 0 Å². The maximum Gasteiger partial charge on any atom is 0.331 e. The summed E-state index contributed by atoms with van der Waals surface area (Å²) in [6, 6.07) is 3.25. The standard InChI is InChI=1S/C14H19N5O3/c1-5-18-10(8-9(2)16-18)12(20)15-11-6-7-19(17-11)14(3,4)13(21)22/h6-8H,5H2,1-4H3,(H,21,22)(H,15,17,20). The third-order valence-corrected chi connectivity index (χ3v) is 3.36. The second kappa shape index (κ2) is 5.63. The second-order valence-electron chi connectivity index (χ2n) is 5.45. The zero-order chi connectivity index (χ0) is 16.5. The molecule has 0 bridgehead atoms. The summed E-state index contributed by atoms with van der Waals surface area (Å²) >= 11 is 0. The van der Waals surface area contributed by atoms with Gasteiger partial charge >= 0.3 is 5.97 Å². The van der Waals surface area contributed by atoms with Crippen molar-refractivity contribution in [1.29, 1.82) is 0 Å². The van der Waals surface area contributed by atoms with Gasteiger partial charge in [0.2, 0.25) is 0 Å². The summed E-state index contributed by atoms with van der Waals surface area (Å²) in [5, 5.41) is 20.1. The highest BCUT2D eigenvalue weighted by molar-refractivity contribution is 6.02. The van der Waals surface area contributed by atoms with Gasteiger partial charge in [0.1, 0.15) is 5.69 Å². The fraction of sp³-hybridized carbons (Fsp3) is 0.429. The first-order valence-corrected chi connectivity index (χ1v) is 6.91. The molecule has 0 radical (unpaired) electrons. The van der Waals surface area contributed by atoms with Crippen molar-refractivity contribution in [1.82, 2.24) is 19.6 Å². The first-order valence-electron chi connectivity index (χ1n) is 6.91. The Balaban J connectivity index is 2.20. The first-order chi connectivity index (χ1) is 10.3. The van der Waals surface area contributed by atoms with Gasteiger partial charge in [-0.2, -0.15) is 10.2 Å². The van der Waals surface area contributed by atoms with E-state index in [1.807, 2.05) is 13.8 Å². The molecule has 0 unspecified atom stereocenters. The van der Waals surface area contributed by atoms with Gasteiger partial charge in [0.05, 0.1) is 5.69 Å². The minimum Gasteiger partial charge on any atom is -0.479 e. The average molecular weight is 305 g/mol. The molecule has 2 aromatic rings. The zero-order valence-electron chi connectivity index (χ0n) is 13.0. The van der Waals surface area contributed by atoms with Crippen molar-refractivity contribution in [2.75, 3.05) is 5.32 Å². The van der Waals surface area contributed by atoms with Crippen LogP contribution in [0.5, 0.6) is 0 Å². The molecule has 8 heteroatoms. The Kier molecular flexibility index (Phi) is 4.03. The number of carboxylic acids is 1. The summed E-state index contributed by atoms with van der Waals surface area (Å²) in [6.45, 7) is 7.35. The third-order valence-electron chi connectivity index (χ3n) is 3.36. The van der Waals surface area contributed by atoms with Crippen LogP contribution in [0.3, 0.4) is 0 Å². The van der Waals surface area contributed by atoms with E-state index in [0.29, 0.717) is 18.1 Å². The fourth-order valence-electron chi connectivity index (χ4n) is 1.95. The number of carboxylic acid groups (broad SMARTS) is 1. The Morgan fingerprint density at radius 1 is 1.36 bits per heavy atom. The number of carbonyl (C=O) groups is 2. The van der Waals surface area contributed by atoms with E-state index in [1.54, 1.807) is 16.8 Å². The van der Waals surface area contributed by atoms with Crippen LogP contribution in [0.25, 0.3) is 0 Å². The molecule has 2 N–H and O–H groups in total. The van der Waals surface area contributed by atoms with Crippen LogP contribution in [0, 0.1) is 6.92 Å². The average Bonchev–Trinajstić information content (AvgIpc) is 3.05. The van der Waals surface area contributed by atoms with E-state index in [1.165, 1.54) is 24.7 Å². The summed E-state index contributed by atoms with van der Waals surface area (Å²) in [5.74, 6) is -1.05. The molecule has 2 aromatic heterocycles. The number of anilines is 1. The molecular weight excluding hydrogens is 286 g/mol. The molecule has 0 aliphatic rings. The van der Waals surface area contributed by atoms with Crippen LogP contribution < -0.4 is 5.32 Å². The van der Waals surface area contributed by atoms with E-state index in [0.717, 1.165) is 5.69 Å². The maximum absolute atomic E-state index is 12.3. The minimum atomic E-state index is -1.19. The number of aliphatic carboxylic acids is 1. The van der Waals surface area contributed by atoms with Crippen molar-refractivity contribution >= 4 is 17.7 Å². The van der Waals surface area contributed by atoms with Crippen molar-refractivity contribution < 1.29 is 14.7 Å². The van der Waals surface area contributed by atoms with Crippen LogP contribution in [-0.2, 0) is 16.9 Å². The molecule has 0 aromatic carbocycles. The molecule has 0 saturated heterocycles. The molecule has 2 heterocycles. The van der Waals surface area contributed by atoms with E-state index in [2.05, 4.69) is 15.5 Å². The number of hydrogen-bond donors (Lipinski definition) is 2. The van der Waals surface area contributed by atoms with Gasteiger partial charge in [-0.05, 0) is 33.8 Å². The lowest BCUT2D eigenvalue weighted by Gasteiger charge is -2.19. The first kappa shape index (κ1) is 15.7. The van der Waals surface area contributed by atoms with Gasteiger partial charge in [-0.25, -0.2) is 4.79 Å². The number of rotatable bonds is 5. The van der Waals surface area contributed by atoms with Crippen LogP contribution in [-0.4, -0.2) is 36.5 Å². The Morgan fingerprint density at radius 3 is 2.64 bits per heavy atom. The summed E-state index contributed by atoms with van der Waals surface area (Å²) in [4.78, 5) is 23.5.